The summed E-state index contributed by atoms with van der Waals surface area (Å²) < 4.78 is 0. The van der Waals surface area contributed by atoms with Gasteiger partial charge < -0.3 is 5.32 Å². The third-order valence-electron chi connectivity index (χ3n) is 6.51. The van der Waals surface area contributed by atoms with Gasteiger partial charge >= 0.3 is 0 Å². The molecule has 1 aromatic rings. The number of alkyl halides is 1. The topological polar surface area (TPSA) is 29.1 Å². The zero-order valence-electron chi connectivity index (χ0n) is 12.0. The Morgan fingerprint density at radius 3 is 2.71 bits per heavy atom. The molecule has 3 saturated carbocycles. The Bertz CT molecular complexity index is 612. The number of carbonyl (C=O) groups excluding carboxylic acids is 1. The Morgan fingerprint density at radius 2 is 1.95 bits per heavy atom. The summed E-state index contributed by atoms with van der Waals surface area (Å²) in [7, 11) is 0. The lowest BCUT2D eigenvalue weighted by atomic mass is 9.93. The van der Waals surface area contributed by atoms with Gasteiger partial charge in [-0.1, -0.05) is 12.1 Å². The summed E-state index contributed by atoms with van der Waals surface area (Å²) >= 11 is 6.82. The van der Waals surface area contributed by atoms with E-state index >= 15 is 0 Å². The Balaban J connectivity index is 1.43. The van der Waals surface area contributed by atoms with E-state index in [0.29, 0.717) is 5.92 Å². The highest BCUT2D eigenvalue weighted by atomic mass is 35.5. The molecule has 21 heavy (non-hydrogen) atoms. The van der Waals surface area contributed by atoms with Crippen molar-refractivity contribution in [3.05, 3.63) is 34.9 Å². The van der Waals surface area contributed by atoms with Gasteiger partial charge in [-0.25, -0.2) is 0 Å². The first-order valence-electron chi connectivity index (χ1n) is 8.29. The second kappa shape index (κ2) is 4.25. The average Bonchev–Trinajstić information content (AvgIpc) is 2.94. The van der Waals surface area contributed by atoms with Gasteiger partial charge in [0.25, 0.3) is 5.91 Å². The number of rotatable bonds is 2. The van der Waals surface area contributed by atoms with Crippen molar-refractivity contribution in [1.29, 1.82) is 0 Å². The van der Waals surface area contributed by atoms with Crippen LogP contribution >= 0.6 is 11.6 Å². The highest BCUT2D eigenvalue weighted by molar-refractivity contribution is 6.21. The van der Waals surface area contributed by atoms with Gasteiger partial charge in [-0.2, -0.15) is 0 Å². The van der Waals surface area contributed by atoms with E-state index in [2.05, 4.69) is 23.5 Å². The summed E-state index contributed by atoms with van der Waals surface area (Å²) in [6.07, 6.45) is 5.26. The standard InChI is InChI=1S/C18H20ClNO/c19-17(16-14-10-2-3-11(7-10)15(14)16)12-4-1-9-5-6-20-18(21)13(9)8-12/h1,4,8,10-11,14-17H,2-3,5-7H2,(H,20,21). The largest absolute Gasteiger partial charge is 0.352 e. The van der Waals surface area contributed by atoms with Crippen LogP contribution in [0, 0.1) is 29.6 Å². The highest BCUT2D eigenvalue weighted by Gasteiger charge is 2.66. The van der Waals surface area contributed by atoms with Crippen molar-refractivity contribution in [2.24, 2.45) is 29.6 Å². The van der Waals surface area contributed by atoms with Gasteiger partial charge in [0, 0.05) is 12.1 Å². The molecule has 0 radical (unpaired) electrons. The molecule has 0 spiro atoms. The molecular weight excluding hydrogens is 282 g/mol. The van der Waals surface area contributed by atoms with Crippen molar-refractivity contribution in [2.45, 2.75) is 31.1 Å². The molecule has 2 nitrogen and oxygen atoms in total. The van der Waals surface area contributed by atoms with E-state index in [1.807, 2.05) is 0 Å². The normalized spacial score (nSPS) is 40.4. The molecule has 1 amide bonds. The molecule has 5 atom stereocenters. The van der Waals surface area contributed by atoms with E-state index in [4.69, 9.17) is 11.6 Å². The monoisotopic (exact) mass is 301 g/mol. The summed E-state index contributed by atoms with van der Waals surface area (Å²) in [5.74, 6) is 4.41. The lowest BCUT2D eigenvalue weighted by Gasteiger charge is -2.20. The third-order valence-corrected chi connectivity index (χ3v) is 7.05. The minimum Gasteiger partial charge on any atom is -0.352 e. The van der Waals surface area contributed by atoms with Crippen LogP contribution in [0.2, 0.25) is 0 Å². The quantitative estimate of drug-likeness (QED) is 0.832. The maximum atomic E-state index is 12.0. The van der Waals surface area contributed by atoms with Gasteiger partial charge in [-0.05, 0) is 72.5 Å². The van der Waals surface area contributed by atoms with Crippen molar-refractivity contribution >= 4 is 17.5 Å². The van der Waals surface area contributed by atoms with Crippen LogP contribution in [0.5, 0.6) is 0 Å². The molecule has 1 aliphatic heterocycles. The molecule has 3 heteroatoms. The van der Waals surface area contributed by atoms with Gasteiger partial charge in [0.2, 0.25) is 0 Å². The second-order valence-electron chi connectivity index (χ2n) is 7.39. The minimum atomic E-state index is 0.0676. The molecule has 110 valence electrons. The average molecular weight is 302 g/mol. The van der Waals surface area contributed by atoms with E-state index in [1.54, 1.807) is 0 Å². The molecule has 4 aliphatic rings. The summed E-state index contributed by atoms with van der Waals surface area (Å²) in [4.78, 5) is 12.0. The first kappa shape index (κ1) is 12.5. The summed E-state index contributed by atoms with van der Waals surface area (Å²) in [6.45, 7) is 0.756. The van der Waals surface area contributed by atoms with E-state index in [0.717, 1.165) is 47.8 Å². The first-order valence-corrected chi connectivity index (χ1v) is 8.73. The summed E-state index contributed by atoms with van der Waals surface area (Å²) in [5.41, 5.74) is 3.17. The van der Waals surface area contributed by atoms with Crippen LogP contribution in [0.25, 0.3) is 0 Å². The lowest BCUT2D eigenvalue weighted by Crippen LogP contribution is -2.31. The molecular formula is C18H20ClNO. The number of hydrogen-bond acceptors (Lipinski definition) is 1. The molecule has 1 heterocycles. The Kier molecular flexibility index (Phi) is 2.54. The third kappa shape index (κ3) is 1.69. The van der Waals surface area contributed by atoms with Crippen LogP contribution in [0.15, 0.2) is 18.2 Å². The van der Waals surface area contributed by atoms with Crippen molar-refractivity contribution in [3.8, 4) is 0 Å². The molecule has 3 aliphatic carbocycles. The van der Waals surface area contributed by atoms with Crippen LogP contribution < -0.4 is 5.32 Å². The number of fused-ring (bicyclic) bond motifs is 6. The van der Waals surface area contributed by atoms with E-state index in [-0.39, 0.29) is 11.3 Å². The van der Waals surface area contributed by atoms with Crippen LogP contribution in [0.3, 0.4) is 0 Å². The van der Waals surface area contributed by atoms with E-state index < -0.39 is 0 Å². The fourth-order valence-corrected chi connectivity index (χ4v) is 6.08. The number of amides is 1. The van der Waals surface area contributed by atoms with Crippen LogP contribution in [-0.2, 0) is 6.42 Å². The maximum absolute atomic E-state index is 12.0. The molecule has 3 fully saturated rings. The van der Waals surface area contributed by atoms with Crippen LogP contribution in [0.4, 0.5) is 0 Å². The van der Waals surface area contributed by atoms with Gasteiger partial charge in [0.05, 0.1) is 5.38 Å². The maximum Gasteiger partial charge on any atom is 0.251 e. The predicted octanol–water partition coefficient (Wildman–Crippen LogP) is 3.54. The number of hydrogen-bond donors (Lipinski definition) is 1. The zero-order valence-corrected chi connectivity index (χ0v) is 12.8. The van der Waals surface area contributed by atoms with E-state index in [9.17, 15) is 4.79 Å². The van der Waals surface area contributed by atoms with Gasteiger partial charge in [-0.15, -0.1) is 11.6 Å². The van der Waals surface area contributed by atoms with Gasteiger partial charge in [-0.3, -0.25) is 4.79 Å². The van der Waals surface area contributed by atoms with E-state index in [1.165, 1.54) is 24.8 Å². The minimum absolute atomic E-state index is 0.0676. The molecule has 1 N–H and O–H groups in total. The number of nitrogens with one attached hydrogen (secondary N) is 1. The zero-order chi connectivity index (χ0) is 14.1. The predicted molar refractivity (Wildman–Crippen MR) is 82.4 cm³/mol. The molecule has 0 aromatic heterocycles. The van der Waals surface area contributed by atoms with Crippen LogP contribution in [0.1, 0.15) is 46.1 Å². The molecule has 2 bridgehead atoms. The van der Waals surface area contributed by atoms with Crippen molar-refractivity contribution in [1.82, 2.24) is 5.32 Å². The Hall–Kier alpha value is -1.02. The van der Waals surface area contributed by atoms with Crippen molar-refractivity contribution < 1.29 is 4.79 Å². The molecule has 1 aromatic carbocycles. The number of benzene rings is 1. The summed E-state index contributed by atoms with van der Waals surface area (Å²) in [5, 5.41) is 3.03. The number of carbonyl (C=O) groups is 1. The van der Waals surface area contributed by atoms with Crippen molar-refractivity contribution in [2.75, 3.05) is 6.54 Å². The number of halogens is 1. The summed E-state index contributed by atoms with van der Waals surface area (Å²) in [6, 6.07) is 6.33. The smallest absolute Gasteiger partial charge is 0.251 e. The first-order chi connectivity index (χ1) is 10.2. The molecule has 0 saturated heterocycles. The Morgan fingerprint density at radius 1 is 1.19 bits per heavy atom. The van der Waals surface area contributed by atoms with Gasteiger partial charge in [0.15, 0.2) is 0 Å². The lowest BCUT2D eigenvalue weighted by molar-refractivity contribution is 0.0946. The highest BCUT2D eigenvalue weighted by Crippen LogP contribution is 2.73. The second-order valence-corrected chi connectivity index (χ2v) is 7.86. The van der Waals surface area contributed by atoms with Gasteiger partial charge in [0.1, 0.15) is 0 Å². The SMILES string of the molecule is O=C1NCCc2ccc(C(Cl)C3C4C5CCC(C5)C43)cc21. The van der Waals surface area contributed by atoms with Crippen LogP contribution in [-0.4, -0.2) is 12.5 Å². The Labute approximate surface area is 130 Å². The molecule has 5 rings (SSSR count). The fraction of sp³-hybridized carbons (Fsp3) is 0.611. The van der Waals surface area contributed by atoms with Crippen molar-refractivity contribution in [3.63, 3.8) is 0 Å². The molecule has 5 unspecified atom stereocenters. The fourth-order valence-electron chi connectivity index (χ4n) is 5.61.